The first kappa shape index (κ1) is 15.3. The van der Waals surface area contributed by atoms with Crippen molar-refractivity contribution in [3.8, 4) is 0 Å². The van der Waals surface area contributed by atoms with Gasteiger partial charge in [-0.25, -0.2) is 0 Å². The summed E-state index contributed by atoms with van der Waals surface area (Å²) in [4.78, 5) is 17.0. The molecule has 120 valence electrons. The van der Waals surface area contributed by atoms with Crippen molar-refractivity contribution in [2.24, 2.45) is 5.92 Å². The molecule has 0 radical (unpaired) electrons. The first-order chi connectivity index (χ1) is 10.1. The predicted octanol–water partition coefficient (Wildman–Crippen LogP) is 2.28. The number of carbonyl (C=O) groups excluding carboxylic acids is 1. The van der Waals surface area contributed by atoms with E-state index in [0.29, 0.717) is 24.8 Å². The van der Waals surface area contributed by atoms with Crippen molar-refractivity contribution < 1.29 is 9.53 Å². The number of ether oxygens (including phenoxy) is 1. The summed E-state index contributed by atoms with van der Waals surface area (Å²) in [5, 5.41) is 0. The highest BCUT2D eigenvalue weighted by atomic mass is 16.5. The molecule has 2 saturated heterocycles. The third-order valence-electron chi connectivity index (χ3n) is 5.83. The Bertz CT molecular complexity index is 374. The molecule has 4 heteroatoms. The van der Waals surface area contributed by atoms with Gasteiger partial charge >= 0.3 is 0 Å². The number of likely N-dealkylation sites (tertiary alicyclic amines) is 1. The second kappa shape index (κ2) is 6.66. The van der Waals surface area contributed by atoms with Gasteiger partial charge in [-0.3, -0.25) is 9.69 Å². The maximum absolute atomic E-state index is 12.4. The van der Waals surface area contributed by atoms with Crippen LogP contribution < -0.4 is 0 Å². The quantitative estimate of drug-likeness (QED) is 0.800. The number of nitrogens with zero attached hydrogens (tertiary/aromatic N) is 2. The Morgan fingerprint density at radius 1 is 1.14 bits per heavy atom. The summed E-state index contributed by atoms with van der Waals surface area (Å²) >= 11 is 0. The minimum absolute atomic E-state index is 0.203. The molecule has 3 rings (SSSR count). The van der Waals surface area contributed by atoms with E-state index >= 15 is 0 Å². The van der Waals surface area contributed by atoms with Gasteiger partial charge in [0.2, 0.25) is 5.91 Å². The highest BCUT2D eigenvalue weighted by Gasteiger charge is 2.36. The summed E-state index contributed by atoms with van der Waals surface area (Å²) < 4.78 is 5.91. The van der Waals surface area contributed by atoms with E-state index in [9.17, 15) is 4.79 Å². The number of rotatable bonds is 3. The van der Waals surface area contributed by atoms with Crippen molar-refractivity contribution in [1.82, 2.24) is 9.80 Å². The molecule has 0 spiro atoms. The summed E-state index contributed by atoms with van der Waals surface area (Å²) in [6.45, 7) is 4.39. The summed E-state index contributed by atoms with van der Waals surface area (Å²) in [6.07, 6.45) is 8.80. The molecule has 3 aliphatic rings. The highest BCUT2D eigenvalue weighted by Crippen LogP contribution is 2.29. The van der Waals surface area contributed by atoms with E-state index in [1.807, 2.05) is 4.90 Å². The molecule has 4 unspecified atom stereocenters. The Morgan fingerprint density at radius 3 is 2.76 bits per heavy atom. The zero-order valence-electron chi connectivity index (χ0n) is 13.6. The van der Waals surface area contributed by atoms with E-state index in [0.717, 1.165) is 38.3 Å². The third-order valence-corrected chi connectivity index (χ3v) is 5.83. The van der Waals surface area contributed by atoms with Crippen molar-refractivity contribution in [2.75, 3.05) is 26.7 Å². The van der Waals surface area contributed by atoms with Crippen LogP contribution in [0.25, 0.3) is 0 Å². The molecule has 2 aliphatic heterocycles. The minimum atomic E-state index is 0.203. The fourth-order valence-corrected chi connectivity index (χ4v) is 4.35. The zero-order chi connectivity index (χ0) is 14.8. The van der Waals surface area contributed by atoms with Crippen LogP contribution >= 0.6 is 0 Å². The van der Waals surface area contributed by atoms with Gasteiger partial charge in [-0.15, -0.1) is 0 Å². The Kier molecular flexibility index (Phi) is 4.85. The van der Waals surface area contributed by atoms with E-state index in [-0.39, 0.29) is 5.91 Å². The largest absolute Gasteiger partial charge is 0.368 e. The smallest absolute Gasteiger partial charge is 0.248 e. The lowest BCUT2D eigenvalue weighted by molar-refractivity contribution is -0.139. The molecule has 3 fully saturated rings. The molecular weight excluding hydrogens is 264 g/mol. The fraction of sp³-hybridized carbons (Fsp3) is 0.941. The monoisotopic (exact) mass is 294 g/mol. The summed E-state index contributed by atoms with van der Waals surface area (Å²) in [5.74, 6) is 0.954. The standard InChI is InChI=1S/C17H30N2O2/c1-13-4-3-5-16(10-13)21-12-17(20)19-9-8-14-6-7-15(11-19)18(14)2/h13-16H,3-12H2,1-2H3. The first-order valence-corrected chi connectivity index (χ1v) is 8.75. The summed E-state index contributed by atoms with van der Waals surface area (Å²) in [5.41, 5.74) is 0. The van der Waals surface area contributed by atoms with Crippen LogP contribution in [0.3, 0.4) is 0 Å². The molecule has 1 amide bonds. The first-order valence-electron chi connectivity index (χ1n) is 8.75. The number of carbonyl (C=O) groups is 1. The van der Waals surface area contributed by atoms with Crippen molar-refractivity contribution in [1.29, 1.82) is 0 Å². The second-order valence-corrected chi connectivity index (χ2v) is 7.38. The summed E-state index contributed by atoms with van der Waals surface area (Å²) in [7, 11) is 2.22. The van der Waals surface area contributed by atoms with Crippen LogP contribution in [-0.2, 0) is 9.53 Å². The van der Waals surface area contributed by atoms with Crippen LogP contribution in [0.5, 0.6) is 0 Å². The van der Waals surface area contributed by atoms with Gasteiger partial charge in [0, 0.05) is 25.2 Å². The second-order valence-electron chi connectivity index (χ2n) is 7.38. The van der Waals surface area contributed by atoms with Gasteiger partial charge in [0.05, 0.1) is 6.10 Å². The SMILES string of the molecule is CC1CCCC(OCC(=O)N2CCC3CCC(C2)N3C)C1. The van der Waals surface area contributed by atoms with Gasteiger partial charge in [0.15, 0.2) is 0 Å². The molecule has 2 bridgehead atoms. The molecule has 0 N–H and O–H groups in total. The third kappa shape index (κ3) is 3.59. The maximum Gasteiger partial charge on any atom is 0.248 e. The van der Waals surface area contributed by atoms with Crippen LogP contribution in [0.2, 0.25) is 0 Å². The molecule has 0 aromatic heterocycles. The topological polar surface area (TPSA) is 32.8 Å². The predicted molar refractivity (Wildman–Crippen MR) is 83.1 cm³/mol. The molecule has 4 atom stereocenters. The molecule has 21 heavy (non-hydrogen) atoms. The molecule has 0 aromatic carbocycles. The van der Waals surface area contributed by atoms with Crippen LogP contribution in [-0.4, -0.2) is 60.6 Å². The summed E-state index contributed by atoms with van der Waals surface area (Å²) in [6, 6.07) is 1.25. The molecule has 1 saturated carbocycles. The van der Waals surface area contributed by atoms with Crippen LogP contribution in [0.15, 0.2) is 0 Å². The van der Waals surface area contributed by atoms with Crippen molar-refractivity contribution >= 4 is 5.91 Å². The Labute approximate surface area is 128 Å². The van der Waals surface area contributed by atoms with Gasteiger partial charge in [0.25, 0.3) is 0 Å². The van der Waals surface area contributed by atoms with E-state index in [1.165, 1.54) is 25.7 Å². The fourth-order valence-electron chi connectivity index (χ4n) is 4.35. The van der Waals surface area contributed by atoms with Gasteiger partial charge in [0.1, 0.15) is 6.61 Å². The van der Waals surface area contributed by atoms with Gasteiger partial charge in [-0.2, -0.15) is 0 Å². The maximum atomic E-state index is 12.4. The van der Waals surface area contributed by atoms with Crippen LogP contribution in [0.4, 0.5) is 0 Å². The minimum Gasteiger partial charge on any atom is -0.368 e. The van der Waals surface area contributed by atoms with Gasteiger partial charge in [-0.05, 0) is 45.1 Å². The normalized spacial score (nSPS) is 37.5. The lowest BCUT2D eigenvalue weighted by Crippen LogP contribution is -2.41. The molecule has 2 heterocycles. The Morgan fingerprint density at radius 2 is 1.95 bits per heavy atom. The molecule has 0 aromatic rings. The van der Waals surface area contributed by atoms with Gasteiger partial charge in [-0.1, -0.05) is 19.8 Å². The van der Waals surface area contributed by atoms with Crippen LogP contribution in [0, 0.1) is 5.92 Å². The molecule has 1 aliphatic carbocycles. The van der Waals surface area contributed by atoms with Crippen molar-refractivity contribution in [3.05, 3.63) is 0 Å². The lowest BCUT2D eigenvalue weighted by atomic mass is 9.89. The Balaban J connectivity index is 1.47. The Hall–Kier alpha value is -0.610. The lowest BCUT2D eigenvalue weighted by Gasteiger charge is -2.29. The number of fused-ring (bicyclic) bond motifs is 2. The average molecular weight is 294 g/mol. The number of likely N-dealkylation sites (N-methyl/N-ethyl adjacent to an activating group) is 1. The van der Waals surface area contributed by atoms with E-state index in [4.69, 9.17) is 4.74 Å². The van der Waals surface area contributed by atoms with Gasteiger partial charge < -0.3 is 9.64 Å². The highest BCUT2D eigenvalue weighted by molar-refractivity contribution is 5.77. The van der Waals surface area contributed by atoms with Crippen molar-refractivity contribution in [2.45, 2.75) is 70.1 Å². The van der Waals surface area contributed by atoms with E-state index in [1.54, 1.807) is 0 Å². The van der Waals surface area contributed by atoms with Crippen molar-refractivity contribution in [3.63, 3.8) is 0 Å². The number of hydrogen-bond acceptors (Lipinski definition) is 3. The molecule has 4 nitrogen and oxygen atoms in total. The van der Waals surface area contributed by atoms with E-state index in [2.05, 4.69) is 18.9 Å². The number of hydrogen-bond donors (Lipinski definition) is 0. The van der Waals surface area contributed by atoms with E-state index < -0.39 is 0 Å². The molecular formula is C17H30N2O2. The number of amides is 1. The zero-order valence-corrected chi connectivity index (χ0v) is 13.6. The van der Waals surface area contributed by atoms with Crippen LogP contribution in [0.1, 0.15) is 51.9 Å². The average Bonchev–Trinajstić information content (AvgIpc) is 2.70.